The number of piperazine rings is 1. The Morgan fingerprint density at radius 3 is 2.42 bits per heavy atom. The fourth-order valence-corrected chi connectivity index (χ4v) is 4.34. The molecule has 1 fully saturated rings. The summed E-state index contributed by atoms with van der Waals surface area (Å²) in [6, 6.07) is 24.3. The number of benzene rings is 3. The summed E-state index contributed by atoms with van der Waals surface area (Å²) in [5.74, 6) is -1.04. The Bertz CT molecular complexity index is 1210. The summed E-state index contributed by atoms with van der Waals surface area (Å²) < 4.78 is 0. The van der Waals surface area contributed by atoms with Gasteiger partial charge in [-0.2, -0.15) is 0 Å². The molecule has 1 aliphatic heterocycles. The maximum atomic E-state index is 13.4. The minimum absolute atomic E-state index is 0.123. The number of carbonyl (C=O) groups is 2. The van der Waals surface area contributed by atoms with Crippen molar-refractivity contribution in [2.45, 2.75) is 6.54 Å². The molecule has 4 rings (SSSR count). The van der Waals surface area contributed by atoms with Gasteiger partial charge in [0.2, 0.25) is 0 Å². The number of carboxylic acid groups (broad SMARTS) is 1. The van der Waals surface area contributed by atoms with Crippen LogP contribution in [0.2, 0.25) is 0 Å². The molecule has 1 aliphatic rings. The number of hydrogen-bond donors (Lipinski definition) is 3. The molecule has 36 heavy (non-hydrogen) atoms. The number of carboxylic acids is 1. The fourth-order valence-electron chi connectivity index (χ4n) is 4.34. The number of hydrogen-bond acceptors (Lipinski definition) is 4. The highest BCUT2D eigenvalue weighted by molar-refractivity contribution is 5.93. The van der Waals surface area contributed by atoms with Crippen LogP contribution < -0.4 is 10.6 Å². The lowest BCUT2D eigenvalue weighted by Crippen LogP contribution is -2.45. The van der Waals surface area contributed by atoms with Crippen LogP contribution in [-0.4, -0.2) is 66.2 Å². The topological polar surface area (TPSA) is 84.9 Å². The van der Waals surface area contributed by atoms with Crippen molar-refractivity contribution < 1.29 is 14.7 Å². The van der Waals surface area contributed by atoms with Crippen molar-refractivity contribution in [2.75, 3.05) is 44.6 Å². The van der Waals surface area contributed by atoms with Crippen molar-refractivity contribution in [3.05, 3.63) is 102 Å². The summed E-state index contributed by atoms with van der Waals surface area (Å²) in [5.41, 5.74) is 4.71. The minimum Gasteiger partial charge on any atom is -0.478 e. The molecule has 186 valence electrons. The first-order chi connectivity index (χ1) is 17.5. The molecule has 0 spiro atoms. The molecule has 7 nitrogen and oxygen atoms in total. The lowest BCUT2D eigenvalue weighted by atomic mass is 10.0. The van der Waals surface area contributed by atoms with Gasteiger partial charge in [-0.1, -0.05) is 61.2 Å². The Hall–Kier alpha value is -3.94. The molecule has 3 aromatic carbocycles. The predicted molar refractivity (Wildman–Crippen MR) is 143 cm³/mol. The van der Waals surface area contributed by atoms with Crippen LogP contribution in [0, 0.1) is 0 Å². The van der Waals surface area contributed by atoms with E-state index in [4.69, 9.17) is 0 Å². The largest absolute Gasteiger partial charge is 0.478 e. The van der Waals surface area contributed by atoms with Crippen LogP contribution in [0.4, 0.5) is 10.5 Å². The van der Waals surface area contributed by atoms with E-state index in [2.05, 4.69) is 46.4 Å². The zero-order valence-electron chi connectivity index (χ0n) is 20.3. The van der Waals surface area contributed by atoms with E-state index in [0.717, 1.165) is 55.0 Å². The first kappa shape index (κ1) is 25.2. The molecule has 0 aliphatic carbocycles. The van der Waals surface area contributed by atoms with Gasteiger partial charge in [-0.25, -0.2) is 9.59 Å². The molecule has 3 aromatic rings. The van der Waals surface area contributed by atoms with E-state index in [1.807, 2.05) is 30.3 Å². The standard InChI is InChI=1S/C29H32N4O3/c1-22(19-32-15-13-30-14-16-32)20-33(29(36)31-27-12-6-11-26(18-27)28(34)35)21-23-7-5-10-25(17-23)24-8-3-2-4-9-24/h2-12,17-18,30H,1,13-16,19-21H2,(H,31,36)(H,34,35). The van der Waals surface area contributed by atoms with E-state index < -0.39 is 5.97 Å². The van der Waals surface area contributed by atoms with Crippen molar-refractivity contribution in [2.24, 2.45) is 0 Å². The maximum absolute atomic E-state index is 13.4. The van der Waals surface area contributed by atoms with Crippen molar-refractivity contribution in [3.8, 4) is 11.1 Å². The number of amides is 2. The number of nitrogens with one attached hydrogen (secondary N) is 2. The molecule has 1 saturated heterocycles. The minimum atomic E-state index is -1.04. The van der Waals surface area contributed by atoms with Gasteiger partial charge < -0.3 is 20.6 Å². The molecule has 0 aromatic heterocycles. The summed E-state index contributed by atoms with van der Waals surface area (Å²) in [6.07, 6.45) is 0. The van der Waals surface area contributed by atoms with Gasteiger partial charge in [0.25, 0.3) is 0 Å². The maximum Gasteiger partial charge on any atom is 0.335 e. The van der Waals surface area contributed by atoms with Crippen LogP contribution in [0.5, 0.6) is 0 Å². The summed E-state index contributed by atoms with van der Waals surface area (Å²) in [4.78, 5) is 28.8. The second kappa shape index (κ2) is 12.2. The molecular formula is C29H32N4O3. The molecule has 7 heteroatoms. The first-order valence-corrected chi connectivity index (χ1v) is 12.1. The van der Waals surface area contributed by atoms with Gasteiger partial charge in [-0.3, -0.25) is 4.90 Å². The smallest absolute Gasteiger partial charge is 0.335 e. The third-order valence-electron chi connectivity index (χ3n) is 6.13. The first-order valence-electron chi connectivity index (χ1n) is 12.1. The second-order valence-corrected chi connectivity index (χ2v) is 9.01. The van der Waals surface area contributed by atoms with Crippen LogP contribution in [0.15, 0.2) is 91.0 Å². The second-order valence-electron chi connectivity index (χ2n) is 9.01. The lowest BCUT2D eigenvalue weighted by Gasteiger charge is -2.30. The van der Waals surface area contributed by atoms with E-state index in [0.29, 0.717) is 18.8 Å². The number of rotatable bonds is 9. The van der Waals surface area contributed by atoms with Gasteiger partial charge in [-0.15, -0.1) is 0 Å². The average Bonchev–Trinajstić information content (AvgIpc) is 2.89. The summed E-state index contributed by atoms with van der Waals surface area (Å²) in [5, 5.41) is 15.5. The molecular weight excluding hydrogens is 452 g/mol. The SMILES string of the molecule is C=C(CN1CCNCC1)CN(Cc1cccc(-c2ccccc2)c1)C(=O)Nc1cccc(C(=O)O)c1. The molecule has 0 unspecified atom stereocenters. The van der Waals surface area contributed by atoms with Crippen molar-refractivity contribution in [1.82, 2.24) is 15.1 Å². The zero-order valence-corrected chi connectivity index (χ0v) is 20.3. The monoisotopic (exact) mass is 484 g/mol. The van der Waals surface area contributed by atoms with Crippen molar-refractivity contribution in [1.29, 1.82) is 0 Å². The highest BCUT2D eigenvalue weighted by Crippen LogP contribution is 2.21. The number of nitrogens with zero attached hydrogens (tertiary/aromatic N) is 2. The van der Waals surface area contributed by atoms with Gasteiger partial charge >= 0.3 is 12.0 Å². The van der Waals surface area contributed by atoms with Gasteiger partial charge in [0.15, 0.2) is 0 Å². The van der Waals surface area contributed by atoms with E-state index in [1.165, 1.54) is 12.1 Å². The third kappa shape index (κ3) is 7.04. The van der Waals surface area contributed by atoms with Crippen LogP contribution in [0.1, 0.15) is 15.9 Å². The Morgan fingerprint density at radius 2 is 1.67 bits per heavy atom. The average molecular weight is 485 g/mol. The summed E-state index contributed by atoms with van der Waals surface area (Å²) in [6.45, 7) is 9.57. The van der Waals surface area contributed by atoms with Gasteiger partial charge in [0, 0.05) is 51.5 Å². The summed E-state index contributed by atoms with van der Waals surface area (Å²) in [7, 11) is 0. The van der Waals surface area contributed by atoms with Crippen molar-refractivity contribution in [3.63, 3.8) is 0 Å². The highest BCUT2D eigenvalue weighted by Gasteiger charge is 2.18. The summed E-state index contributed by atoms with van der Waals surface area (Å²) >= 11 is 0. The van der Waals surface area contributed by atoms with Gasteiger partial charge in [0.05, 0.1) is 5.56 Å². The number of aromatic carboxylic acids is 1. The normalized spacial score (nSPS) is 13.7. The molecule has 2 amide bonds. The lowest BCUT2D eigenvalue weighted by molar-refractivity contribution is 0.0697. The van der Waals surface area contributed by atoms with Gasteiger partial charge in [0.1, 0.15) is 0 Å². The van der Waals surface area contributed by atoms with Crippen LogP contribution in [0.25, 0.3) is 11.1 Å². The molecule has 0 atom stereocenters. The Balaban J connectivity index is 1.52. The van der Waals surface area contributed by atoms with Crippen LogP contribution in [0.3, 0.4) is 0 Å². The molecule has 3 N–H and O–H groups in total. The zero-order chi connectivity index (χ0) is 25.3. The molecule has 0 radical (unpaired) electrons. The molecule has 1 heterocycles. The predicted octanol–water partition coefficient (Wildman–Crippen LogP) is 4.55. The Morgan fingerprint density at radius 1 is 0.944 bits per heavy atom. The van der Waals surface area contributed by atoms with Crippen LogP contribution in [-0.2, 0) is 6.54 Å². The van der Waals surface area contributed by atoms with E-state index in [9.17, 15) is 14.7 Å². The highest BCUT2D eigenvalue weighted by atomic mass is 16.4. The number of urea groups is 1. The third-order valence-corrected chi connectivity index (χ3v) is 6.13. The quantitative estimate of drug-likeness (QED) is 0.388. The van der Waals surface area contributed by atoms with Crippen molar-refractivity contribution >= 4 is 17.7 Å². The van der Waals surface area contributed by atoms with Crippen LogP contribution >= 0.6 is 0 Å². The number of anilines is 1. The number of carbonyl (C=O) groups excluding carboxylic acids is 1. The van der Waals surface area contributed by atoms with E-state index in [-0.39, 0.29) is 11.6 Å². The fraction of sp³-hybridized carbons (Fsp3) is 0.241. The molecule has 0 bridgehead atoms. The van der Waals surface area contributed by atoms with Gasteiger partial charge in [-0.05, 0) is 46.5 Å². The Kier molecular flexibility index (Phi) is 8.49. The Labute approximate surface area is 212 Å². The van der Waals surface area contributed by atoms with E-state index in [1.54, 1.807) is 17.0 Å². The molecule has 0 saturated carbocycles. The van der Waals surface area contributed by atoms with E-state index >= 15 is 0 Å².